The molecule has 0 bridgehead atoms. The Bertz CT molecular complexity index is 163. The van der Waals surface area contributed by atoms with E-state index in [9.17, 15) is 0 Å². The Morgan fingerprint density at radius 3 is 2.15 bits per heavy atom. The van der Waals surface area contributed by atoms with Crippen LogP contribution in [0.5, 0.6) is 0 Å². The highest BCUT2D eigenvalue weighted by atomic mass is 16.5. The summed E-state index contributed by atoms with van der Waals surface area (Å²) in [5.74, 6) is 6.37. The summed E-state index contributed by atoms with van der Waals surface area (Å²) in [7, 11) is 0. The van der Waals surface area contributed by atoms with Gasteiger partial charge >= 0.3 is 0 Å². The van der Waals surface area contributed by atoms with Gasteiger partial charge in [-0.15, -0.1) is 0 Å². The van der Waals surface area contributed by atoms with E-state index in [2.05, 4.69) is 25.7 Å². The van der Waals surface area contributed by atoms with Crippen LogP contribution in [0.25, 0.3) is 0 Å². The van der Waals surface area contributed by atoms with Crippen LogP contribution in [-0.4, -0.2) is 25.9 Å². The molecule has 0 amide bonds. The van der Waals surface area contributed by atoms with Crippen LogP contribution >= 0.6 is 0 Å². The van der Waals surface area contributed by atoms with Gasteiger partial charge in [-0.3, -0.25) is 0 Å². The second-order valence-corrected chi connectivity index (χ2v) is 3.62. The van der Waals surface area contributed by atoms with Gasteiger partial charge in [-0.05, 0) is 19.8 Å². The molecule has 0 aromatic rings. The molecule has 0 saturated heterocycles. The fraction of sp³-hybridized carbons (Fsp3) is 0.818. The van der Waals surface area contributed by atoms with Crippen LogP contribution in [0.4, 0.5) is 0 Å². The maximum absolute atomic E-state index is 5.27. The van der Waals surface area contributed by atoms with Crippen LogP contribution in [0.15, 0.2) is 0 Å². The zero-order valence-electron chi connectivity index (χ0n) is 9.09. The van der Waals surface area contributed by atoms with Gasteiger partial charge in [-0.2, -0.15) is 0 Å². The van der Waals surface area contributed by atoms with Crippen molar-refractivity contribution in [3.63, 3.8) is 0 Å². The predicted molar refractivity (Wildman–Crippen MR) is 54.5 cm³/mol. The van der Waals surface area contributed by atoms with Crippen molar-refractivity contribution < 1.29 is 9.47 Å². The lowest BCUT2D eigenvalue weighted by Crippen LogP contribution is -2.03. The molecule has 0 aliphatic rings. The second kappa shape index (κ2) is 8.10. The Hall–Kier alpha value is -0.520. The van der Waals surface area contributed by atoms with Crippen molar-refractivity contribution in [2.45, 2.75) is 33.8 Å². The molecule has 0 aliphatic heterocycles. The molecule has 13 heavy (non-hydrogen) atoms. The summed E-state index contributed by atoms with van der Waals surface area (Å²) in [4.78, 5) is 0. The first-order valence-electron chi connectivity index (χ1n) is 4.78. The van der Waals surface area contributed by atoms with Crippen LogP contribution in [0.2, 0.25) is 0 Å². The molecule has 0 saturated carbocycles. The second-order valence-electron chi connectivity index (χ2n) is 3.62. The Balaban J connectivity index is 3.20. The van der Waals surface area contributed by atoms with E-state index in [1.165, 1.54) is 0 Å². The summed E-state index contributed by atoms with van der Waals surface area (Å²) in [6.45, 7) is 10.0. The maximum Gasteiger partial charge on any atom is 0.108 e. The van der Waals surface area contributed by atoms with E-state index >= 15 is 0 Å². The summed E-state index contributed by atoms with van der Waals surface area (Å²) in [6, 6.07) is 0. The number of ether oxygens (including phenoxy) is 2. The van der Waals surface area contributed by atoms with E-state index < -0.39 is 0 Å². The largest absolute Gasteiger partial charge is 0.369 e. The normalized spacial score (nSPS) is 10.3. The van der Waals surface area contributed by atoms with Crippen molar-refractivity contribution in [2.24, 2.45) is 5.92 Å². The monoisotopic (exact) mass is 184 g/mol. The quantitative estimate of drug-likeness (QED) is 0.481. The zero-order chi connectivity index (χ0) is 10.1. The Kier molecular flexibility index (Phi) is 7.77. The van der Waals surface area contributed by atoms with Crippen molar-refractivity contribution in [3.8, 4) is 11.8 Å². The third kappa shape index (κ3) is 11.5. The Labute approximate surface area is 81.6 Å². The third-order valence-corrected chi connectivity index (χ3v) is 1.24. The highest BCUT2D eigenvalue weighted by molar-refractivity contribution is 4.99. The van der Waals surface area contributed by atoms with E-state index in [1.807, 2.05) is 13.8 Å². The van der Waals surface area contributed by atoms with Crippen LogP contribution in [0.1, 0.15) is 27.7 Å². The molecule has 0 heterocycles. The lowest BCUT2D eigenvalue weighted by Gasteiger charge is -2.02. The van der Waals surface area contributed by atoms with Crippen LogP contribution in [-0.2, 0) is 9.47 Å². The molecule has 0 radical (unpaired) electrons. The van der Waals surface area contributed by atoms with Crippen molar-refractivity contribution in [1.82, 2.24) is 0 Å². The van der Waals surface area contributed by atoms with Gasteiger partial charge < -0.3 is 9.47 Å². The van der Waals surface area contributed by atoms with Crippen molar-refractivity contribution in [1.29, 1.82) is 0 Å². The van der Waals surface area contributed by atoms with E-state index in [4.69, 9.17) is 9.47 Å². The summed E-state index contributed by atoms with van der Waals surface area (Å²) >= 11 is 0. The maximum atomic E-state index is 5.27. The summed E-state index contributed by atoms with van der Waals surface area (Å²) in [6.07, 6.45) is 0.255. The minimum atomic E-state index is 0.255. The van der Waals surface area contributed by atoms with Gasteiger partial charge in [0.1, 0.15) is 13.2 Å². The SMILES string of the molecule is CC(C)COCC#CCOC(C)C. The molecule has 2 heteroatoms. The van der Waals surface area contributed by atoms with Gasteiger partial charge in [-0.1, -0.05) is 25.7 Å². The molecule has 0 aromatic carbocycles. The van der Waals surface area contributed by atoms with E-state index in [-0.39, 0.29) is 6.10 Å². The minimum Gasteiger partial charge on any atom is -0.369 e. The standard InChI is InChI=1S/C11H20O2/c1-10(2)9-12-7-5-6-8-13-11(3)4/h10-11H,7-9H2,1-4H3. The van der Waals surface area contributed by atoms with Crippen molar-refractivity contribution in [2.75, 3.05) is 19.8 Å². The van der Waals surface area contributed by atoms with E-state index in [0.29, 0.717) is 19.1 Å². The highest BCUT2D eigenvalue weighted by Crippen LogP contribution is 1.90. The molecule has 0 fully saturated rings. The van der Waals surface area contributed by atoms with Gasteiger partial charge in [0, 0.05) is 0 Å². The molecule has 0 aliphatic carbocycles. The first-order valence-corrected chi connectivity index (χ1v) is 4.78. The average molecular weight is 184 g/mol. The summed E-state index contributed by atoms with van der Waals surface area (Å²) < 4.78 is 10.5. The number of hydrogen-bond acceptors (Lipinski definition) is 2. The first kappa shape index (κ1) is 12.5. The lowest BCUT2D eigenvalue weighted by molar-refractivity contribution is 0.106. The Morgan fingerprint density at radius 2 is 1.62 bits per heavy atom. The molecule has 0 spiro atoms. The molecule has 0 N–H and O–H groups in total. The lowest BCUT2D eigenvalue weighted by atomic mass is 10.2. The summed E-state index contributed by atoms with van der Waals surface area (Å²) in [5.41, 5.74) is 0. The van der Waals surface area contributed by atoms with Gasteiger partial charge in [0.05, 0.1) is 12.7 Å². The molecule has 76 valence electrons. The van der Waals surface area contributed by atoms with Gasteiger partial charge in [0.15, 0.2) is 0 Å². The van der Waals surface area contributed by atoms with Crippen LogP contribution < -0.4 is 0 Å². The fourth-order valence-corrected chi connectivity index (χ4v) is 0.656. The van der Waals surface area contributed by atoms with E-state index in [0.717, 1.165) is 6.61 Å². The predicted octanol–water partition coefficient (Wildman–Crippen LogP) is 2.09. The van der Waals surface area contributed by atoms with Crippen LogP contribution in [0.3, 0.4) is 0 Å². The first-order chi connectivity index (χ1) is 6.13. The smallest absolute Gasteiger partial charge is 0.108 e. The molecule has 0 atom stereocenters. The van der Waals surface area contributed by atoms with E-state index in [1.54, 1.807) is 0 Å². The summed E-state index contributed by atoms with van der Waals surface area (Å²) in [5, 5.41) is 0. The molecule has 2 nitrogen and oxygen atoms in total. The molecular weight excluding hydrogens is 164 g/mol. The highest BCUT2D eigenvalue weighted by Gasteiger charge is 1.90. The minimum absolute atomic E-state index is 0.255. The molecular formula is C11H20O2. The number of hydrogen-bond donors (Lipinski definition) is 0. The third-order valence-electron chi connectivity index (χ3n) is 1.24. The average Bonchev–Trinajstić information content (AvgIpc) is 2.01. The zero-order valence-corrected chi connectivity index (χ0v) is 9.09. The number of rotatable bonds is 5. The molecule has 0 aromatic heterocycles. The van der Waals surface area contributed by atoms with Gasteiger partial charge in [-0.25, -0.2) is 0 Å². The van der Waals surface area contributed by atoms with Crippen molar-refractivity contribution >= 4 is 0 Å². The molecule has 0 rings (SSSR count). The topological polar surface area (TPSA) is 18.5 Å². The van der Waals surface area contributed by atoms with Gasteiger partial charge in [0.2, 0.25) is 0 Å². The van der Waals surface area contributed by atoms with Gasteiger partial charge in [0.25, 0.3) is 0 Å². The van der Waals surface area contributed by atoms with Crippen LogP contribution in [0, 0.1) is 17.8 Å². The Morgan fingerprint density at radius 1 is 1.00 bits per heavy atom. The fourth-order valence-electron chi connectivity index (χ4n) is 0.656. The molecule has 0 unspecified atom stereocenters. The van der Waals surface area contributed by atoms with Crippen molar-refractivity contribution in [3.05, 3.63) is 0 Å².